The molecule has 0 aliphatic heterocycles. The number of hydrogen-bond acceptors (Lipinski definition) is 1. The Bertz CT molecular complexity index is 3530. The molecule has 246 valence electrons. The Labute approximate surface area is 311 Å². The molecular weight excluding hydrogens is 651 g/mol. The Morgan fingerprint density at radius 1 is 0.296 bits per heavy atom. The summed E-state index contributed by atoms with van der Waals surface area (Å²) in [4.78, 5) is 0. The van der Waals surface area contributed by atoms with E-state index in [0.29, 0.717) is 5.56 Å². The molecule has 12 aromatic rings. The van der Waals surface area contributed by atoms with Crippen LogP contribution in [0.15, 0.2) is 176 Å². The molecule has 0 aliphatic rings. The summed E-state index contributed by atoms with van der Waals surface area (Å²) in [5.41, 5.74) is 8.11. The predicted molar refractivity (Wildman–Crippen MR) is 230 cm³/mol. The number of hydrogen-bond donors (Lipinski definition) is 0. The van der Waals surface area contributed by atoms with Crippen molar-refractivity contribution in [3.8, 4) is 39.4 Å². The second kappa shape index (κ2) is 10.9. The van der Waals surface area contributed by atoms with Gasteiger partial charge >= 0.3 is 0 Å². The zero-order valence-electron chi connectivity index (χ0n) is 29.2. The maximum Gasteiger partial charge on any atom is 0.0991 e. The van der Waals surface area contributed by atoms with E-state index in [1.807, 2.05) is 12.1 Å². The van der Waals surface area contributed by atoms with Crippen molar-refractivity contribution in [1.29, 1.82) is 5.26 Å². The van der Waals surface area contributed by atoms with Gasteiger partial charge in [0.25, 0.3) is 0 Å². The van der Waals surface area contributed by atoms with E-state index in [1.54, 1.807) is 0 Å². The zero-order valence-corrected chi connectivity index (χ0v) is 29.2. The molecule has 0 unspecified atom stereocenters. The van der Waals surface area contributed by atoms with Crippen molar-refractivity contribution in [3.63, 3.8) is 0 Å². The monoisotopic (exact) mass is 679 g/mol. The van der Waals surface area contributed by atoms with E-state index < -0.39 is 0 Å². The molecule has 1 nitrogen and oxygen atoms in total. The van der Waals surface area contributed by atoms with Crippen LogP contribution in [0.4, 0.5) is 0 Å². The first-order valence-corrected chi connectivity index (χ1v) is 18.6. The molecule has 0 saturated carbocycles. The standard InChI is InChI=1S/C53H29N/c54-30-31-21-22-35-28-36(24-23-34(35)27-31)37-25-26-44-49-40(37)17-9-20-43(49)52-47(32-11-3-1-4-12-32)46-29-45-39-16-8-7-15-38(39)41-18-10-19-42(50(41)45)51(46)48(53(44)52)33-13-5-2-6-14-33/h1-29H. The molecule has 0 spiro atoms. The minimum Gasteiger partial charge on any atom is -0.192 e. The van der Waals surface area contributed by atoms with Crippen LogP contribution in [-0.4, -0.2) is 0 Å². The quantitative estimate of drug-likeness (QED) is 0.171. The largest absolute Gasteiger partial charge is 0.192 e. The SMILES string of the molecule is N#Cc1ccc2cc(-c3ccc4c5c(-c6ccccc6)c6c(cc7c8ccccc8c8cccc6c87)c(-c6ccccc6)c5c5cccc3c54)ccc2c1. The third kappa shape index (κ3) is 3.87. The normalized spacial score (nSPS) is 12.1. The Kier molecular flexibility index (Phi) is 5.90. The highest BCUT2D eigenvalue weighted by atomic mass is 14.3. The first-order chi connectivity index (χ1) is 26.8. The number of nitriles is 1. The van der Waals surface area contributed by atoms with Gasteiger partial charge in [0.05, 0.1) is 11.6 Å². The molecule has 0 fully saturated rings. The maximum absolute atomic E-state index is 9.50. The average molecular weight is 680 g/mol. The lowest BCUT2D eigenvalue weighted by atomic mass is 9.84. The lowest BCUT2D eigenvalue weighted by Crippen LogP contribution is -1.91. The molecular formula is C53H29N. The summed E-state index contributed by atoms with van der Waals surface area (Å²) in [5, 5.41) is 29.9. The van der Waals surface area contributed by atoms with Gasteiger partial charge in [0.2, 0.25) is 0 Å². The minimum absolute atomic E-state index is 0.681. The van der Waals surface area contributed by atoms with Gasteiger partial charge in [-0.25, -0.2) is 0 Å². The van der Waals surface area contributed by atoms with E-state index in [0.717, 1.165) is 10.8 Å². The summed E-state index contributed by atoms with van der Waals surface area (Å²) in [7, 11) is 0. The van der Waals surface area contributed by atoms with Crippen LogP contribution in [0.2, 0.25) is 0 Å². The van der Waals surface area contributed by atoms with Crippen LogP contribution >= 0.6 is 0 Å². The highest BCUT2D eigenvalue weighted by Gasteiger charge is 2.26. The topological polar surface area (TPSA) is 23.8 Å². The number of rotatable bonds is 3. The molecule has 12 rings (SSSR count). The van der Waals surface area contributed by atoms with Crippen molar-refractivity contribution in [2.24, 2.45) is 0 Å². The van der Waals surface area contributed by atoms with Crippen LogP contribution in [0.3, 0.4) is 0 Å². The number of nitrogens with zero attached hydrogens (tertiary/aromatic N) is 1. The summed E-state index contributed by atoms with van der Waals surface area (Å²) in [6.07, 6.45) is 0. The van der Waals surface area contributed by atoms with Crippen LogP contribution in [-0.2, 0) is 0 Å². The highest BCUT2D eigenvalue weighted by Crippen LogP contribution is 2.55. The summed E-state index contributed by atoms with van der Waals surface area (Å²) >= 11 is 0. The Hall–Kier alpha value is -7.27. The van der Waals surface area contributed by atoms with Gasteiger partial charge in [-0.3, -0.25) is 0 Å². The minimum atomic E-state index is 0.681. The second-order valence-corrected chi connectivity index (χ2v) is 14.6. The molecule has 0 amide bonds. The second-order valence-electron chi connectivity index (χ2n) is 14.6. The van der Waals surface area contributed by atoms with E-state index in [1.165, 1.54) is 109 Å². The Morgan fingerprint density at radius 3 is 1.61 bits per heavy atom. The van der Waals surface area contributed by atoms with Gasteiger partial charge in [-0.05, 0) is 144 Å². The van der Waals surface area contributed by atoms with Gasteiger partial charge in [0.1, 0.15) is 0 Å². The van der Waals surface area contributed by atoms with E-state index in [4.69, 9.17) is 0 Å². The molecule has 0 aliphatic carbocycles. The van der Waals surface area contributed by atoms with Crippen LogP contribution < -0.4 is 0 Å². The summed E-state index contributed by atoms with van der Waals surface area (Å²) in [6, 6.07) is 66.8. The molecule has 0 saturated heterocycles. The van der Waals surface area contributed by atoms with Gasteiger partial charge in [0.15, 0.2) is 0 Å². The molecule has 0 heterocycles. The molecule has 0 atom stereocenters. The molecule has 0 bridgehead atoms. The van der Waals surface area contributed by atoms with Gasteiger partial charge in [0, 0.05) is 0 Å². The van der Waals surface area contributed by atoms with Crippen molar-refractivity contribution in [2.75, 3.05) is 0 Å². The smallest absolute Gasteiger partial charge is 0.0991 e. The summed E-state index contributed by atoms with van der Waals surface area (Å²) in [6.45, 7) is 0. The summed E-state index contributed by atoms with van der Waals surface area (Å²) < 4.78 is 0. The Balaban J connectivity index is 1.31. The fourth-order valence-electron chi connectivity index (χ4n) is 9.75. The molecule has 54 heavy (non-hydrogen) atoms. The van der Waals surface area contributed by atoms with Crippen molar-refractivity contribution < 1.29 is 0 Å². The lowest BCUT2D eigenvalue weighted by molar-refractivity contribution is 1.50. The van der Waals surface area contributed by atoms with Gasteiger partial charge < -0.3 is 0 Å². The molecule has 0 radical (unpaired) electrons. The van der Waals surface area contributed by atoms with Crippen LogP contribution in [0.1, 0.15) is 5.56 Å². The molecule has 0 N–H and O–H groups in total. The summed E-state index contributed by atoms with van der Waals surface area (Å²) in [5.74, 6) is 0. The highest BCUT2D eigenvalue weighted by molar-refractivity contribution is 6.45. The predicted octanol–water partition coefficient (Wildman–Crippen LogP) is 14.7. The van der Waals surface area contributed by atoms with Crippen molar-refractivity contribution in [1.82, 2.24) is 0 Å². The van der Waals surface area contributed by atoms with Gasteiger partial charge in [-0.2, -0.15) is 5.26 Å². The zero-order chi connectivity index (χ0) is 35.5. The third-order valence-corrected chi connectivity index (χ3v) is 11.9. The van der Waals surface area contributed by atoms with E-state index in [2.05, 4.69) is 170 Å². The van der Waals surface area contributed by atoms with Gasteiger partial charge in [-0.15, -0.1) is 0 Å². The first-order valence-electron chi connectivity index (χ1n) is 18.6. The van der Waals surface area contributed by atoms with E-state index >= 15 is 0 Å². The van der Waals surface area contributed by atoms with Gasteiger partial charge in [-0.1, -0.05) is 152 Å². The van der Waals surface area contributed by atoms with Crippen molar-refractivity contribution in [3.05, 3.63) is 181 Å². The average Bonchev–Trinajstić information content (AvgIpc) is 3.74. The van der Waals surface area contributed by atoms with Crippen LogP contribution in [0.5, 0.6) is 0 Å². The van der Waals surface area contributed by atoms with E-state index in [9.17, 15) is 5.26 Å². The molecule has 1 heteroatoms. The fourth-order valence-corrected chi connectivity index (χ4v) is 9.75. The lowest BCUT2D eigenvalue weighted by Gasteiger charge is -2.19. The molecule has 0 aromatic heterocycles. The fraction of sp³-hybridized carbons (Fsp3) is 0. The first kappa shape index (κ1) is 29.3. The van der Waals surface area contributed by atoms with Crippen LogP contribution in [0, 0.1) is 11.3 Å². The maximum atomic E-state index is 9.50. The number of benzene rings is 10. The van der Waals surface area contributed by atoms with Crippen molar-refractivity contribution >= 4 is 86.2 Å². The Morgan fingerprint density at radius 2 is 0.852 bits per heavy atom. The van der Waals surface area contributed by atoms with E-state index in [-0.39, 0.29) is 0 Å². The third-order valence-electron chi connectivity index (χ3n) is 11.9. The van der Waals surface area contributed by atoms with Crippen LogP contribution in [0.25, 0.3) is 120 Å². The number of fused-ring (bicyclic) bond motifs is 9. The van der Waals surface area contributed by atoms with Crippen molar-refractivity contribution in [2.45, 2.75) is 0 Å². The molecule has 12 aromatic carbocycles.